The maximum Gasteiger partial charge on any atom is 0.340 e. The van der Waals surface area contributed by atoms with Crippen LogP contribution in [0.15, 0.2) is 12.3 Å². The number of nitrogens with zero attached hydrogens (tertiary/aromatic N) is 2. The lowest BCUT2D eigenvalue weighted by atomic mass is 10.1. The van der Waals surface area contributed by atoms with Crippen LogP contribution in [0.1, 0.15) is 43.0 Å². The van der Waals surface area contributed by atoms with Crippen molar-refractivity contribution in [2.45, 2.75) is 38.6 Å². The molecule has 5 heteroatoms. The number of hydrogen-bond acceptors (Lipinski definition) is 5. The molecule has 1 heterocycles. The molecular formula is C14H21N3O2. The van der Waals surface area contributed by atoms with Crippen LogP contribution in [0.5, 0.6) is 0 Å². The van der Waals surface area contributed by atoms with Crippen molar-refractivity contribution in [1.82, 2.24) is 4.98 Å². The van der Waals surface area contributed by atoms with Gasteiger partial charge in [0.2, 0.25) is 0 Å². The Morgan fingerprint density at radius 2 is 2.21 bits per heavy atom. The molecule has 104 valence electrons. The first-order chi connectivity index (χ1) is 9.15. The molecule has 0 spiro atoms. The number of nitrogen functional groups attached to an aromatic ring is 1. The highest BCUT2D eigenvalue weighted by Crippen LogP contribution is 2.30. The molecule has 0 aliphatic heterocycles. The van der Waals surface area contributed by atoms with Crippen LogP contribution in [0.3, 0.4) is 0 Å². The molecule has 1 aromatic rings. The predicted molar refractivity (Wildman–Crippen MR) is 75.3 cm³/mol. The van der Waals surface area contributed by atoms with Crippen LogP contribution in [0.2, 0.25) is 0 Å². The molecule has 1 saturated carbocycles. The molecule has 0 bridgehead atoms. The molecule has 0 unspecified atom stereocenters. The second kappa shape index (κ2) is 5.91. The van der Waals surface area contributed by atoms with E-state index in [1.807, 2.05) is 7.05 Å². The van der Waals surface area contributed by atoms with E-state index in [4.69, 9.17) is 10.5 Å². The van der Waals surface area contributed by atoms with Crippen molar-refractivity contribution in [2.75, 3.05) is 24.3 Å². The molecular weight excluding hydrogens is 242 g/mol. The van der Waals surface area contributed by atoms with Gasteiger partial charge in [0, 0.05) is 19.3 Å². The number of rotatable bonds is 4. The zero-order valence-electron chi connectivity index (χ0n) is 11.6. The summed E-state index contributed by atoms with van der Waals surface area (Å²) in [5.41, 5.74) is 6.89. The topological polar surface area (TPSA) is 68.5 Å². The van der Waals surface area contributed by atoms with Crippen LogP contribution >= 0.6 is 0 Å². The Bertz CT molecular complexity index is 456. The quantitative estimate of drug-likeness (QED) is 0.844. The molecule has 2 N–H and O–H groups in total. The summed E-state index contributed by atoms with van der Waals surface area (Å²) in [7, 11) is 1.99. The number of ether oxygens (including phenoxy) is 1. The number of carbonyl (C=O) groups is 1. The molecule has 19 heavy (non-hydrogen) atoms. The number of anilines is 2. The van der Waals surface area contributed by atoms with E-state index in [0.29, 0.717) is 29.7 Å². The lowest BCUT2D eigenvalue weighted by Crippen LogP contribution is -2.30. The molecule has 1 aliphatic rings. The maximum atomic E-state index is 11.8. The molecule has 1 aliphatic carbocycles. The Kier molecular flexibility index (Phi) is 4.24. The van der Waals surface area contributed by atoms with Gasteiger partial charge in [-0.15, -0.1) is 0 Å². The number of aromatic nitrogens is 1. The Balaban J connectivity index is 2.25. The Hall–Kier alpha value is -1.78. The van der Waals surface area contributed by atoms with E-state index in [2.05, 4.69) is 9.88 Å². The summed E-state index contributed by atoms with van der Waals surface area (Å²) < 4.78 is 5.00. The van der Waals surface area contributed by atoms with Crippen molar-refractivity contribution in [3.8, 4) is 0 Å². The smallest absolute Gasteiger partial charge is 0.340 e. The van der Waals surface area contributed by atoms with Crippen molar-refractivity contribution in [1.29, 1.82) is 0 Å². The van der Waals surface area contributed by atoms with Gasteiger partial charge in [0.1, 0.15) is 0 Å². The van der Waals surface area contributed by atoms with Gasteiger partial charge in [-0.1, -0.05) is 12.8 Å². The molecule has 0 radical (unpaired) electrons. The summed E-state index contributed by atoms with van der Waals surface area (Å²) in [6.45, 7) is 2.12. The van der Waals surface area contributed by atoms with Gasteiger partial charge in [-0.05, 0) is 25.8 Å². The third-order valence-corrected chi connectivity index (χ3v) is 3.67. The number of nitrogens with two attached hydrogens (primary N) is 1. The van der Waals surface area contributed by atoms with Gasteiger partial charge < -0.3 is 15.4 Å². The Labute approximate surface area is 113 Å². The van der Waals surface area contributed by atoms with E-state index in [1.54, 1.807) is 19.2 Å². The van der Waals surface area contributed by atoms with Gasteiger partial charge in [0.25, 0.3) is 0 Å². The van der Waals surface area contributed by atoms with Crippen molar-refractivity contribution < 1.29 is 9.53 Å². The lowest BCUT2D eigenvalue weighted by molar-refractivity contribution is 0.0527. The predicted octanol–water partition coefficient (Wildman–Crippen LogP) is 2.22. The molecule has 0 saturated heterocycles. The van der Waals surface area contributed by atoms with Crippen molar-refractivity contribution in [3.05, 3.63) is 17.8 Å². The molecule has 0 atom stereocenters. The van der Waals surface area contributed by atoms with E-state index in [9.17, 15) is 4.79 Å². The van der Waals surface area contributed by atoms with E-state index in [0.717, 1.165) is 12.8 Å². The van der Waals surface area contributed by atoms with Crippen molar-refractivity contribution in [3.63, 3.8) is 0 Å². The van der Waals surface area contributed by atoms with Crippen molar-refractivity contribution in [2.24, 2.45) is 0 Å². The highest BCUT2D eigenvalue weighted by molar-refractivity contribution is 5.97. The normalized spacial score (nSPS) is 15.5. The van der Waals surface area contributed by atoms with E-state index in [-0.39, 0.29) is 5.97 Å². The van der Waals surface area contributed by atoms with Crippen molar-refractivity contribution >= 4 is 17.5 Å². The van der Waals surface area contributed by atoms with Crippen LogP contribution in [-0.4, -0.2) is 30.6 Å². The van der Waals surface area contributed by atoms with Gasteiger partial charge in [-0.2, -0.15) is 0 Å². The SMILES string of the molecule is CCOC(=O)c1ccnc(N(C)C2CCCC2)c1N. The van der Waals surface area contributed by atoms with E-state index < -0.39 is 0 Å². The number of esters is 1. The minimum absolute atomic E-state index is 0.342. The average Bonchev–Trinajstić information content (AvgIpc) is 2.92. The monoisotopic (exact) mass is 263 g/mol. The van der Waals surface area contributed by atoms with E-state index >= 15 is 0 Å². The summed E-state index contributed by atoms with van der Waals surface area (Å²) in [6.07, 6.45) is 6.41. The average molecular weight is 263 g/mol. The fourth-order valence-corrected chi connectivity index (χ4v) is 2.59. The van der Waals surface area contributed by atoms with Gasteiger partial charge >= 0.3 is 5.97 Å². The fourth-order valence-electron chi connectivity index (χ4n) is 2.59. The second-order valence-corrected chi connectivity index (χ2v) is 4.87. The Morgan fingerprint density at radius 3 is 2.84 bits per heavy atom. The van der Waals surface area contributed by atoms with Gasteiger partial charge in [0.15, 0.2) is 5.82 Å². The Morgan fingerprint density at radius 1 is 1.53 bits per heavy atom. The zero-order valence-corrected chi connectivity index (χ0v) is 11.6. The minimum atomic E-state index is -0.386. The molecule has 5 nitrogen and oxygen atoms in total. The van der Waals surface area contributed by atoms with Gasteiger partial charge in [-0.3, -0.25) is 0 Å². The fraction of sp³-hybridized carbons (Fsp3) is 0.571. The van der Waals surface area contributed by atoms with Gasteiger partial charge in [0.05, 0.1) is 17.9 Å². The summed E-state index contributed by atoms with van der Waals surface area (Å²) in [5.74, 6) is 0.293. The number of hydrogen-bond donors (Lipinski definition) is 1. The first-order valence-electron chi connectivity index (χ1n) is 6.79. The second-order valence-electron chi connectivity index (χ2n) is 4.87. The zero-order chi connectivity index (χ0) is 13.8. The maximum absolute atomic E-state index is 11.8. The molecule has 2 rings (SSSR count). The molecule has 0 amide bonds. The molecule has 0 aromatic carbocycles. The molecule has 1 aromatic heterocycles. The van der Waals surface area contributed by atoms with Gasteiger partial charge in [-0.25, -0.2) is 9.78 Å². The minimum Gasteiger partial charge on any atom is -0.462 e. The summed E-state index contributed by atoms with van der Waals surface area (Å²) in [6, 6.07) is 2.08. The highest BCUT2D eigenvalue weighted by Gasteiger charge is 2.24. The summed E-state index contributed by atoms with van der Waals surface area (Å²) in [5, 5.41) is 0. The molecule has 1 fully saturated rings. The van der Waals surface area contributed by atoms with Crippen LogP contribution in [0, 0.1) is 0 Å². The summed E-state index contributed by atoms with van der Waals surface area (Å²) >= 11 is 0. The third-order valence-electron chi connectivity index (χ3n) is 3.67. The first-order valence-corrected chi connectivity index (χ1v) is 6.79. The standard InChI is InChI=1S/C14H21N3O2/c1-3-19-14(18)11-8-9-16-13(12(11)15)17(2)10-6-4-5-7-10/h8-10H,3-7,15H2,1-2H3. The van der Waals surface area contributed by atoms with E-state index in [1.165, 1.54) is 12.8 Å². The van der Waals surface area contributed by atoms with Crippen LogP contribution < -0.4 is 10.6 Å². The largest absolute Gasteiger partial charge is 0.462 e. The first kappa shape index (κ1) is 13.6. The lowest BCUT2D eigenvalue weighted by Gasteiger charge is -2.27. The highest BCUT2D eigenvalue weighted by atomic mass is 16.5. The number of carbonyl (C=O) groups excluding carboxylic acids is 1. The van der Waals surface area contributed by atoms with Crippen LogP contribution in [-0.2, 0) is 4.74 Å². The summed E-state index contributed by atoms with van der Waals surface area (Å²) in [4.78, 5) is 18.2. The van der Waals surface area contributed by atoms with Crippen LogP contribution in [0.25, 0.3) is 0 Å². The third kappa shape index (κ3) is 2.80. The number of pyridine rings is 1. The van der Waals surface area contributed by atoms with Crippen LogP contribution in [0.4, 0.5) is 11.5 Å².